The first kappa shape index (κ1) is 23.0. The van der Waals surface area contributed by atoms with Gasteiger partial charge in [-0.2, -0.15) is 12.7 Å². The molecule has 10 heteroatoms. The fraction of sp³-hybridized carbons (Fsp3) is 0.381. The number of likely N-dealkylation sites (N-methyl/N-ethyl adjacent to an activating group) is 1. The van der Waals surface area contributed by atoms with Crippen LogP contribution in [0, 0.1) is 5.82 Å². The summed E-state index contributed by atoms with van der Waals surface area (Å²) in [4.78, 5) is 17.2. The number of benzene rings is 2. The Hall–Kier alpha value is -2.69. The summed E-state index contributed by atoms with van der Waals surface area (Å²) in [6.07, 6.45) is 0. The summed E-state index contributed by atoms with van der Waals surface area (Å²) in [6.45, 7) is 3.44. The number of anilines is 3. The summed E-state index contributed by atoms with van der Waals surface area (Å²) >= 11 is 0. The van der Waals surface area contributed by atoms with Crippen LogP contribution in [0.2, 0.25) is 0 Å². The second-order valence-electron chi connectivity index (χ2n) is 7.66. The van der Waals surface area contributed by atoms with Gasteiger partial charge in [-0.1, -0.05) is 0 Å². The van der Waals surface area contributed by atoms with Crippen LogP contribution in [0.15, 0.2) is 48.5 Å². The van der Waals surface area contributed by atoms with Gasteiger partial charge < -0.3 is 15.1 Å². The number of nitrogens with one attached hydrogen (secondary N) is 1. The topological polar surface area (TPSA) is 76.2 Å². The molecule has 0 unspecified atom stereocenters. The van der Waals surface area contributed by atoms with E-state index in [1.807, 2.05) is 12.1 Å². The van der Waals surface area contributed by atoms with Crippen molar-refractivity contribution >= 4 is 33.2 Å². The number of rotatable bonds is 7. The van der Waals surface area contributed by atoms with E-state index >= 15 is 0 Å². The minimum Gasteiger partial charge on any atom is -0.369 e. The predicted molar refractivity (Wildman–Crippen MR) is 121 cm³/mol. The minimum atomic E-state index is -3.95. The lowest BCUT2D eigenvalue weighted by Crippen LogP contribution is -2.44. The SMILES string of the molecule is CN1CCN(c2ccc(NC(=O)CN(c3ccc(F)cc3)S(=O)(=O)N(C)C)cc2)CC1. The van der Waals surface area contributed by atoms with Gasteiger partial charge in [-0.15, -0.1) is 0 Å². The van der Waals surface area contributed by atoms with Crippen LogP contribution in [0.25, 0.3) is 0 Å². The third-order valence-corrected chi connectivity index (χ3v) is 6.98. The molecule has 1 amide bonds. The molecule has 0 radical (unpaired) electrons. The van der Waals surface area contributed by atoms with Crippen LogP contribution < -0.4 is 14.5 Å². The number of piperazine rings is 1. The van der Waals surface area contributed by atoms with Crippen molar-refractivity contribution in [2.75, 3.05) is 68.4 Å². The molecule has 1 N–H and O–H groups in total. The molecule has 0 spiro atoms. The highest BCUT2D eigenvalue weighted by Gasteiger charge is 2.27. The molecule has 0 aliphatic carbocycles. The molecule has 1 fully saturated rings. The summed E-state index contributed by atoms with van der Waals surface area (Å²) in [5, 5.41) is 2.74. The van der Waals surface area contributed by atoms with E-state index in [2.05, 4.69) is 22.2 Å². The van der Waals surface area contributed by atoms with E-state index in [-0.39, 0.29) is 5.69 Å². The van der Waals surface area contributed by atoms with Gasteiger partial charge in [-0.25, -0.2) is 8.70 Å². The lowest BCUT2D eigenvalue weighted by Gasteiger charge is -2.34. The average Bonchev–Trinajstić information content (AvgIpc) is 2.74. The number of carbonyl (C=O) groups is 1. The normalized spacial score (nSPS) is 15.2. The Morgan fingerprint density at radius 2 is 1.58 bits per heavy atom. The molecule has 0 atom stereocenters. The van der Waals surface area contributed by atoms with Gasteiger partial charge in [-0.3, -0.25) is 4.79 Å². The number of hydrogen-bond acceptors (Lipinski definition) is 5. The number of nitrogens with zero attached hydrogens (tertiary/aromatic N) is 4. The fourth-order valence-electron chi connectivity index (χ4n) is 3.26. The standard InChI is InChI=1S/C21H28FN5O3S/c1-24(2)31(29,30)27(20-8-4-17(22)5-9-20)16-21(28)23-18-6-10-19(11-7-18)26-14-12-25(3)13-15-26/h4-11H,12-16H2,1-3H3,(H,23,28). The van der Waals surface area contributed by atoms with E-state index in [4.69, 9.17) is 0 Å². The highest BCUT2D eigenvalue weighted by Crippen LogP contribution is 2.22. The zero-order valence-corrected chi connectivity index (χ0v) is 18.8. The molecule has 31 heavy (non-hydrogen) atoms. The van der Waals surface area contributed by atoms with Crippen LogP contribution in [0.4, 0.5) is 21.5 Å². The number of hydrogen-bond donors (Lipinski definition) is 1. The maximum atomic E-state index is 13.3. The van der Waals surface area contributed by atoms with Crippen molar-refractivity contribution in [3.05, 3.63) is 54.3 Å². The summed E-state index contributed by atoms with van der Waals surface area (Å²) < 4.78 is 40.7. The van der Waals surface area contributed by atoms with Crippen molar-refractivity contribution < 1.29 is 17.6 Å². The van der Waals surface area contributed by atoms with Gasteiger partial charge in [0.2, 0.25) is 5.91 Å². The van der Waals surface area contributed by atoms with Crippen molar-refractivity contribution in [3.8, 4) is 0 Å². The predicted octanol–water partition coefficient (Wildman–Crippen LogP) is 1.83. The molecular weight excluding hydrogens is 421 g/mol. The first-order valence-electron chi connectivity index (χ1n) is 9.96. The third-order valence-electron chi connectivity index (χ3n) is 5.16. The minimum absolute atomic E-state index is 0.204. The molecule has 1 aliphatic rings. The van der Waals surface area contributed by atoms with Gasteiger partial charge in [-0.05, 0) is 55.6 Å². The summed E-state index contributed by atoms with van der Waals surface area (Å²) in [6, 6.07) is 12.4. The van der Waals surface area contributed by atoms with Crippen LogP contribution >= 0.6 is 0 Å². The van der Waals surface area contributed by atoms with Crippen LogP contribution in [0.3, 0.4) is 0 Å². The molecular formula is C21H28FN5O3S. The zero-order valence-electron chi connectivity index (χ0n) is 18.0. The van der Waals surface area contributed by atoms with Crippen molar-refractivity contribution in [2.45, 2.75) is 0 Å². The third kappa shape index (κ3) is 5.72. The van der Waals surface area contributed by atoms with Gasteiger partial charge in [0.15, 0.2) is 0 Å². The Morgan fingerprint density at radius 3 is 2.13 bits per heavy atom. The summed E-state index contributed by atoms with van der Waals surface area (Å²) in [7, 11) is 0.905. The fourth-order valence-corrected chi connectivity index (χ4v) is 4.32. The van der Waals surface area contributed by atoms with Gasteiger partial charge in [0, 0.05) is 51.6 Å². The van der Waals surface area contributed by atoms with E-state index in [9.17, 15) is 17.6 Å². The monoisotopic (exact) mass is 449 g/mol. The molecule has 1 saturated heterocycles. The Kier molecular flexibility index (Phi) is 7.14. The van der Waals surface area contributed by atoms with Crippen LogP contribution in [-0.4, -0.2) is 77.4 Å². The number of amides is 1. The molecule has 3 rings (SSSR count). The van der Waals surface area contributed by atoms with Crippen molar-refractivity contribution in [3.63, 3.8) is 0 Å². The van der Waals surface area contributed by atoms with E-state index in [0.29, 0.717) is 5.69 Å². The largest absolute Gasteiger partial charge is 0.369 e. The van der Waals surface area contributed by atoms with E-state index in [1.54, 1.807) is 12.1 Å². The molecule has 0 saturated carbocycles. The van der Waals surface area contributed by atoms with Gasteiger partial charge in [0.25, 0.3) is 0 Å². The molecule has 8 nitrogen and oxygen atoms in total. The van der Waals surface area contributed by atoms with Crippen molar-refractivity contribution in [1.82, 2.24) is 9.21 Å². The Balaban J connectivity index is 1.70. The number of carbonyl (C=O) groups excluding carboxylic acids is 1. The second kappa shape index (κ2) is 9.63. The smallest absolute Gasteiger partial charge is 0.304 e. The quantitative estimate of drug-likeness (QED) is 0.698. The molecule has 0 bridgehead atoms. The highest BCUT2D eigenvalue weighted by atomic mass is 32.2. The zero-order chi connectivity index (χ0) is 22.6. The first-order chi connectivity index (χ1) is 14.7. The van der Waals surface area contributed by atoms with Gasteiger partial charge >= 0.3 is 10.2 Å². The summed E-state index contributed by atoms with van der Waals surface area (Å²) in [5.74, 6) is -0.988. The molecule has 1 aliphatic heterocycles. The maximum absolute atomic E-state index is 13.3. The van der Waals surface area contributed by atoms with E-state index in [1.165, 1.54) is 26.2 Å². The Labute approximate surface area is 183 Å². The van der Waals surface area contributed by atoms with Crippen LogP contribution in [0.1, 0.15) is 0 Å². The maximum Gasteiger partial charge on any atom is 0.304 e. The highest BCUT2D eigenvalue weighted by molar-refractivity contribution is 7.90. The second-order valence-corrected chi connectivity index (χ2v) is 9.73. The van der Waals surface area contributed by atoms with E-state index in [0.717, 1.165) is 52.6 Å². The van der Waals surface area contributed by atoms with Crippen molar-refractivity contribution in [2.24, 2.45) is 0 Å². The van der Waals surface area contributed by atoms with E-state index < -0.39 is 28.5 Å². The molecule has 2 aromatic carbocycles. The van der Waals surface area contributed by atoms with Crippen LogP contribution in [0.5, 0.6) is 0 Å². The molecule has 0 aromatic heterocycles. The van der Waals surface area contributed by atoms with Gasteiger partial charge in [0.1, 0.15) is 12.4 Å². The number of halogens is 1. The lowest BCUT2D eigenvalue weighted by atomic mass is 10.2. The first-order valence-corrected chi connectivity index (χ1v) is 11.4. The van der Waals surface area contributed by atoms with Crippen molar-refractivity contribution in [1.29, 1.82) is 0 Å². The lowest BCUT2D eigenvalue weighted by molar-refractivity contribution is -0.114. The van der Waals surface area contributed by atoms with Crippen LogP contribution in [-0.2, 0) is 15.0 Å². The average molecular weight is 450 g/mol. The Morgan fingerprint density at radius 1 is 1.00 bits per heavy atom. The molecule has 168 valence electrons. The summed E-state index contributed by atoms with van der Waals surface area (Å²) in [5.41, 5.74) is 1.86. The molecule has 2 aromatic rings. The molecule has 1 heterocycles. The Bertz CT molecular complexity index is 989. The van der Waals surface area contributed by atoms with Gasteiger partial charge in [0.05, 0.1) is 5.69 Å².